The Bertz CT molecular complexity index is 879. The molecule has 3 rings (SSSR count). The molecule has 2 heterocycles. The van der Waals surface area contributed by atoms with Crippen molar-refractivity contribution in [3.8, 4) is 0 Å². The lowest BCUT2D eigenvalue weighted by Crippen LogP contribution is -2.54. The van der Waals surface area contributed by atoms with Gasteiger partial charge in [0.25, 0.3) is 5.56 Å². The van der Waals surface area contributed by atoms with Gasteiger partial charge in [0.2, 0.25) is 0 Å². The van der Waals surface area contributed by atoms with E-state index in [1.54, 1.807) is 16.7 Å². The highest BCUT2D eigenvalue weighted by molar-refractivity contribution is 5.79. The minimum atomic E-state index is 0.0191. The van der Waals surface area contributed by atoms with Crippen LogP contribution in [0.5, 0.6) is 0 Å². The number of aliphatic imine (C=N–C) groups is 1. The molecule has 1 aromatic carbocycles. The Labute approximate surface area is 180 Å². The summed E-state index contributed by atoms with van der Waals surface area (Å²) in [6.07, 6.45) is 5.76. The maximum atomic E-state index is 11.9. The topological polar surface area (TPSA) is 61.7 Å². The number of benzene rings is 1. The molecule has 1 fully saturated rings. The van der Waals surface area contributed by atoms with Crippen molar-refractivity contribution in [2.75, 3.05) is 26.7 Å². The molecule has 0 amide bonds. The first kappa shape index (κ1) is 22.1. The lowest BCUT2D eigenvalue weighted by molar-refractivity contribution is 0.0982. The number of nitrogens with one attached hydrogen (secondary N) is 2. The third kappa shape index (κ3) is 6.20. The number of guanidine groups is 1. The molecule has 1 aromatic heterocycles. The van der Waals surface area contributed by atoms with Gasteiger partial charge in [-0.15, -0.1) is 0 Å². The van der Waals surface area contributed by atoms with E-state index in [0.717, 1.165) is 18.1 Å². The van der Waals surface area contributed by atoms with Crippen molar-refractivity contribution in [3.63, 3.8) is 0 Å². The molecule has 2 aromatic rings. The summed E-state index contributed by atoms with van der Waals surface area (Å²) in [7, 11) is 1.81. The molecule has 0 aliphatic carbocycles. The summed E-state index contributed by atoms with van der Waals surface area (Å²) in [4.78, 5) is 18.8. The number of rotatable bonds is 7. The average Bonchev–Trinajstić information content (AvgIpc) is 2.77. The first-order valence-corrected chi connectivity index (χ1v) is 10.9. The van der Waals surface area contributed by atoms with Crippen LogP contribution < -0.4 is 16.2 Å². The minimum absolute atomic E-state index is 0.0191. The highest BCUT2D eigenvalue weighted by Gasteiger charge is 2.27. The van der Waals surface area contributed by atoms with Crippen molar-refractivity contribution >= 4 is 5.96 Å². The van der Waals surface area contributed by atoms with Gasteiger partial charge in [-0.2, -0.15) is 0 Å². The standard InChI is InChI=1S/C24H35N5O/c1-24(2,29-15-6-4-7-16-29)19-27-23(25-3)26-17-20-10-12-21(13-11-20)18-28-14-8-5-9-22(28)30/h5,8-14H,4,6-7,15-19H2,1-3H3,(H2,25,26,27). The molecule has 0 radical (unpaired) electrons. The van der Waals surface area contributed by atoms with Crippen molar-refractivity contribution in [1.29, 1.82) is 0 Å². The summed E-state index contributed by atoms with van der Waals surface area (Å²) in [6, 6.07) is 13.6. The number of hydrogen-bond donors (Lipinski definition) is 2. The molecule has 0 saturated carbocycles. The molecular weight excluding hydrogens is 374 g/mol. The maximum Gasteiger partial charge on any atom is 0.250 e. The van der Waals surface area contributed by atoms with Crippen LogP contribution in [0.15, 0.2) is 58.4 Å². The fraction of sp³-hybridized carbons (Fsp3) is 0.500. The van der Waals surface area contributed by atoms with Crippen LogP contribution in [-0.2, 0) is 13.1 Å². The van der Waals surface area contributed by atoms with Gasteiger partial charge in [0.05, 0.1) is 6.54 Å². The van der Waals surface area contributed by atoms with Crippen molar-refractivity contribution in [2.45, 2.75) is 51.7 Å². The zero-order chi connectivity index (χ0) is 21.4. The Balaban J connectivity index is 1.48. The van der Waals surface area contributed by atoms with Crippen molar-refractivity contribution in [3.05, 3.63) is 70.1 Å². The Morgan fingerprint density at radius 2 is 1.70 bits per heavy atom. The summed E-state index contributed by atoms with van der Waals surface area (Å²) in [5, 5.41) is 6.89. The first-order chi connectivity index (χ1) is 14.5. The van der Waals surface area contributed by atoms with E-state index in [-0.39, 0.29) is 11.1 Å². The Hall–Kier alpha value is -2.60. The quantitative estimate of drug-likeness (QED) is 0.545. The van der Waals surface area contributed by atoms with E-state index in [9.17, 15) is 4.79 Å². The van der Waals surface area contributed by atoms with Crippen molar-refractivity contribution < 1.29 is 0 Å². The van der Waals surface area contributed by atoms with Crippen LogP contribution in [0.25, 0.3) is 0 Å². The van der Waals surface area contributed by atoms with Crippen LogP contribution in [0.4, 0.5) is 0 Å². The molecule has 1 aliphatic rings. The lowest BCUT2D eigenvalue weighted by atomic mass is 9.98. The fourth-order valence-electron chi connectivity index (χ4n) is 3.87. The third-order valence-corrected chi connectivity index (χ3v) is 5.86. The number of hydrogen-bond acceptors (Lipinski definition) is 3. The summed E-state index contributed by atoms with van der Waals surface area (Å²) < 4.78 is 1.71. The van der Waals surface area contributed by atoms with Crippen LogP contribution in [0.2, 0.25) is 0 Å². The molecule has 0 spiro atoms. The second-order valence-corrected chi connectivity index (χ2v) is 8.62. The summed E-state index contributed by atoms with van der Waals surface area (Å²) >= 11 is 0. The van der Waals surface area contributed by atoms with Crippen LogP contribution in [-0.4, -0.2) is 47.6 Å². The highest BCUT2D eigenvalue weighted by atomic mass is 16.1. The smallest absolute Gasteiger partial charge is 0.250 e. The molecule has 162 valence electrons. The maximum absolute atomic E-state index is 11.9. The van der Waals surface area contributed by atoms with E-state index < -0.39 is 0 Å². The minimum Gasteiger partial charge on any atom is -0.355 e. The third-order valence-electron chi connectivity index (χ3n) is 5.86. The molecule has 0 unspecified atom stereocenters. The molecule has 0 bridgehead atoms. The fourth-order valence-corrected chi connectivity index (χ4v) is 3.87. The first-order valence-electron chi connectivity index (χ1n) is 10.9. The highest BCUT2D eigenvalue weighted by Crippen LogP contribution is 2.19. The zero-order valence-electron chi connectivity index (χ0n) is 18.5. The van der Waals surface area contributed by atoms with Gasteiger partial charge in [0.1, 0.15) is 0 Å². The summed E-state index contributed by atoms with van der Waals surface area (Å²) in [6.45, 7) is 9.12. The predicted octanol–water partition coefficient (Wildman–Crippen LogP) is 2.83. The summed E-state index contributed by atoms with van der Waals surface area (Å²) in [5.41, 5.74) is 2.41. The van der Waals surface area contributed by atoms with Crippen LogP contribution in [0.1, 0.15) is 44.2 Å². The molecule has 0 atom stereocenters. The van der Waals surface area contributed by atoms with E-state index in [2.05, 4.69) is 58.6 Å². The number of aromatic nitrogens is 1. The number of likely N-dealkylation sites (tertiary alicyclic amines) is 1. The predicted molar refractivity (Wildman–Crippen MR) is 124 cm³/mol. The van der Waals surface area contributed by atoms with E-state index in [4.69, 9.17) is 0 Å². The van der Waals surface area contributed by atoms with E-state index in [1.165, 1.54) is 37.9 Å². The second-order valence-electron chi connectivity index (χ2n) is 8.62. The van der Waals surface area contributed by atoms with Crippen LogP contribution in [0.3, 0.4) is 0 Å². The van der Waals surface area contributed by atoms with Gasteiger partial charge in [-0.05, 0) is 57.0 Å². The number of pyridine rings is 1. The van der Waals surface area contributed by atoms with Gasteiger partial charge in [0.15, 0.2) is 5.96 Å². The van der Waals surface area contributed by atoms with Crippen LogP contribution >= 0.6 is 0 Å². The SMILES string of the molecule is CN=C(NCc1ccc(Cn2ccccc2=O)cc1)NCC(C)(C)N1CCCCC1. The largest absolute Gasteiger partial charge is 0.355 e. The molecule has 2 N–H and O–H groups in total. The van der Waals surface area contributed by atoms with E-state index in [0.29, 0.717) is 13.1 Å². The Kier molecular flexibility index (Phi) is 7.69. The monoisotopic (exact) mass is 409 g/mol. The molecule has 30 heavy (non-hydrogen) atoms. The molecular formula is C24H35N5O. The second kappa shape index (κ2) is 10.4. The number of piperidine rings is 1. The average molecular weight is 410 g/mol. The molecule has 1 aliphatic heterocycles. The van der Waals surface area contributed by atoms with Crippen LogP contribution in [0, 0.1) is 0 Å². The van der Waals surface area contributed by atoms with Gasteiger partial charge >= 0.3 is 0 Å². The number of nitrogens with zero attached hydrogens (tertiary/aromatic N) is 3. The van der Waals surface area contributed by atoms with E-state index >= 15 is 0 Å². The van der Waals surface area contributed by atoms with Gasteiger partial charge in [-0.3, -0.25) is 14.7 Å². The van der Waals surface area contributed by atoms with Crippen molar-refractivity contribution in [2.24, 2.45) is 4.99 Å². The zero-order valence-corrected chi connectivity index (χ0v) is 18.5. The lowest BCUT2D eigenvalue weighted by Gasteiger charge is -2.41. The molecule has 6 nitrogen and oxygen atoms in total. The normalized spacial score (nSPS) is 15.8. The van der Waals surface area contributed by atoms with Crippen molar-refractivity contribution in [1.82, 2.24) is 20.1 Å². The van der Waals surface area contributed by atoms with Gasteiger partial charge < -0.3 is 15.2 Å². The summed E-state index contributed by atoms with van der Waals surface area (Å²) in [5.74, 6) is 0.819. The van der Waals surface area contributed by atoms with Gasteiger partial charge in [0, 0.05) is 37.9 Å². The molecule has 1 saturated heterocycles. The van der Waals surface area contributed by atoms with Gasteiger partial charge in [-0.25, -0.2) is 0 Å². The van der Waals surface area contributed by atoms with E-state index in [1.807, 2.05) is 19.3 Å². The molecule has 6 heteroatoms. The van der Waals surface area contributed by atoms with Gasteiger partial charge in [-0.1, -0.05) is 36.8 Å². The Morgan fingerprint density at radius 3 is 2.37 bits per heavy atom. The Morgan fingerprint density at radius 1 is 1.00 bits per heavy atom.